The molecule has 3 rings (SSSR count). The Morgan fingerprint density at radius 1 is 1.17 bits per heavy atom. The highest BCUT2D eigenvalue weighted by molar-refractivity contribution is 6.35. The second kappa shape index (κ2) is 8.48. The largest absolute Gasteiger partial charge is 0.433 e. The molecule has 0 bridgehead atoms. The van der Waals surface area contributed by atoms with Crippen molar-refractivity contribution in [1.82, 2.24) is 14.9 Å². The van der Waals surface area contributed by atoms with Crippen LogP contribution in [0.5, 0.6) is 0 Å². The fraction of sp³-hybridized carbons (Fsp3) is 0.450. The first-order chi connectivity index (χ1) is 13.6. The lowest BCUT2D eigenvalue weighted by Crippen LogP contribution is -2.36. The summed E-state index contributed by atoms with van der Waals surface area (Å²) in [7, 11) is 0. The summed E-state index contributed by atoms with van der Waals surface area (Å²) < 4.78 is 38.2. The van der Waals surface area contributed by atoms with Crippen LogP contribution < -0.4 is 0 Å². The van der Waals surface area contributed by atoms with E-state index in [0.29, 0.717) is 36.0 Å². The maximum absolute atomic E-state index is 12.7. The first-order valence-electron chi connectivity index (χ1n) is 9.22. The van der Waals surface area contributed by atoms with E-state index in [1.54, 1.807) is 4.90 Å². The number of aromatic nitrogens is 2. The van der Waals surface area contributed by atoms with Gasteiger partial charge in [0.05, 0.1) is 0 Å². The zero-order valence-electron chi connectivity index (χ0n) is 16.0. The smallest absolute Gasteiger partial charge is 0.338 e. The Morgan fingerprint density at radius 2 is 1.83 bits per heavy atom. The molecule has 0 spiro atoms. The number of fused-ring (bicyclic) bond motifs is 1. The van der Waals surface area contributed by atoms with Crippen molar-refractivity contribution in [3.8, 4) is 0 Å². The third-order valence-corrected chi connectivity index (χ3v) is 6.26. The topological polar surface area (TPSA) is 46.1 Å². The van der Waals surface area contributed by atoms with Gasteiger partial charge in [0.2, 0.25) is 5.91 Å². The number of rotatable bonds is 4. The molecule has 0 atom stereocenters. The number of alkyl halides is 3. The first-order valence-corrected chi connectivity index (χ1v) is 9.98. The molecule has 156 valence electrons. The molecule has 0 fully saturated rings. The van der Waals surface area contributed by atoms with Crippen LogP contribution in [-0.2, 0) is 30.4 Å². The van der Waals surface area contributed by atoms with Gasteiger partial charge in [-0.2, -0.15) is 13.2 Å². The Hall–Kier alpha value is -1.86. The van der Waals surface area contributed by atoms with Gasteiger partial charge in [-0.1, -0.05) is 23.2 Å². The minimum Gasteiger partial charge on any atom is -0.338 e. The molecule has 4 nitrogen and oxygen atoms in total. The van der Waals surface area contributed by atoms with E-state index >= 15 is 0 Å². The Bertz CT molecular complexity index is 948. The van der Waals surface area contributed by atoms with Crippen LogP contribution in [0.4, 0.5) is 13.2 Å². The molecule has 1 aromatic heterocycles. The van der Waals surface area contributed by atoms with Crippen molar-refractivity contribution in [1.29, 1.82) is 0 Å². The van der Waals surface area contributed by atoms with Gasteiger partial charge in [0.15, 0.2) is 0 Å². The van der Waals surface area contributed by atoms with E-state index in [1.807, 2.05) is 13.8 Å². The van der Waals surface area contributed by atoms with Crippen LogP contribution in [0.1, 0.15) is 46.6 Å². The van der Waals surface area contributed by atoms with Gasteiger partial charge >= 0.3 is 6.18 Å². The van der Waals surface area contributed by atoms with E-state index in [9.17, 15) is 18.0 Å². The predicted octanol–water partition coefficient (Wildman–Crippen LogP) is 5.33. The van der Waals surface area contributed by atoms with Crippen LogP contribution in [-0.4, -0.2) is 27.3 Å². The maximum atomic E-state index is 12.7. The van der Waals surface area contributed by atoms with Crippen molar-refractivity contribution >= 4 is 29.1 Å². The van der Waals surface area contributed by atoms with Gasteiger partial charge in [0.1, 0.15) is 11.5 Å². The summed E-state index contributed by atoms with van der Waals surface area (Å²) in [4.78, 5) is 21.7. The highest BCUT2D eigenvalue weighted by Crippen LogP contribution is 2.37. The highest BCUT2D eigenvalue weighted by Gasteiger charge is 2.32. The Kier molecular flexibility index (Phi) is 6.39. The molecule has 0 radical (unpaired) electrons. The monoisotopic (exact) mass is 445 g/mol. The lowest BCUT2D eigenvalue weighted by molar-refractivity contribution is -0.141. The third kappa shape index (κ3) is 4.67. The number of amides is 1. The summed E-state index contributed by atoms with van der Waals surface area (Å²) in [6, 6.07) is 0.832. The number of hydrogen-bond donors (Lipinski definition) is 0. The van der Waals surface area contributed by atoms with Gasteiger partial charge in [-0.3, -0.25) is 4.79 Å². The average Bonchev–Trinajstić information content (AvgIpc) is 2.69. The molecule has 1 aromatic carbocycles. The van der Waals surface area contributed by atoms with Crippen molar-refractivity contribution < 1.29 is 18.0 Å². The van der Waals surface area contributed by atoms with Gasteiger partial charge in [0, 0.05) is 42.2 Å². The number of nitrogens with zero attached hydrogens (tertiary/aromatic N) is 3. The fourth-order valence-corrected chi connectivity index (χ4v) is 4.10. The number of hydrogen-bond acceptors (Lipinski definition) is 3. The summed E-state index contributed by atoms with van der Waals surface area (Å²) in [6.45, 7) is 4.75. The predicted molar refractivity (Wildman–Crippen MR) is 105 cm³/mol. The van der Waals surface area contributed by atoms with Crippen LogP contribution in [0.3, 0.4) is 0 Å². The quantitative estimate of drug-likeness (QED) is 0.638. The van der Waals surface area contributed by atoms with Crippen molar-refractivity contribution in [2.45, 2.75) is 52.3 Å². The summed E-state index contributed by atoms with van der Waals surface area (Å²) in [5.74, 6) is 0.00517. The number of halogens is 5. The molecule has 29 heavy (non-hydrogen) atoms. The van der Waals surface area contributed by atoms with Crippen molar-refractivity contribution in [2.24, 2.45) is 0 Å². The van der Waals surface area contributed by atoms with E-state index in [0.717, 1.165) is 34.5 Å². The second-order valence-corrected chi connectivity index (χ2v) is 7.87. The lowest BCUT2D eigenvalue weighted by Gasteiger charge is -2.31. The molecule has 9 heteroatoms. The molecule has 0 aliphatic carbocycles. The molecule has 0 unspecified atom stereocenters. The fourth-order valence-electron chi connectivity index (χ4n) is 3.44. The molecular weight excluding hydrogens is 426 g/mol. The van der Waals surface area contributed by atoms with Gasteiger partial charge in [0.25, 0.3) is 0 Å². The highest BCUT2D eigenvalue weighted by atomic mass is 35.5. The Morgan fingerprint density at radius 3 is 2.48 bits per heavy atom. The Balaban J connectivity index is 1.62. The van der Waals surface area contributed by atoms with Crippen LogP contribution in [0.25, 0.3) is 0 Å². The van der Waals surface area contributed by atoms with Crippen molar-refractivity contribution in [2.75, 3.05) is 6.54 Å². The number of carbonyl (C=O) groups is 1. The number of benzene rings is 1. The van der Waals surface area contributed by atoms with Crippen LogP contribution >= 0.6 is 23.2 Å². The second-order valence-electron chi connectivity index (χ2n) is 7.11. The third-order valence-electron chi connectivity index (χ3n) is 5.24. The maximum Gasteiger partial charge on any atom is 0.433 e. The molecular formula is C20H20Cl2F3N3O. The van der Waals surface area contributed by atoms with E-state index in [1.165, 1.54) is 0 Å². The van der Waals surface area contributed by atoms with Crippen molar-refractivity contribution in [3.05, 3.63) is 56.1 Å². The molecule has 1 aliphatic rings. The minimum absolute atomic E-state index is 0.0759. The van der Waals surface area contributed by atoms with E-state index in [4.69, 9.17) is 23.2 Å². The molecule has 2 aromatic rings. The minimum atomic E-state index is -4.51. The van der Waals surface area contributed by atoms with Crippen LogP contribution in [0, 0.1) is 13.8 Å². The first kappa shape index (κ1) is 21.8. The van der Waals surface area contributed by atoms with Gasteiger partial charge in [-0.25, -0.2) is 9.97 Å². The van der Waals surface area contributed by atoms with E-state index < -0.39 is 11.9 Å². The van der Waals surface area contributed by atoms with E-state index in [2.05, 4.69) is 9.97 Å². The van der Waals surface area contributed by atoms with Gasteiger partial charge in [-0.05, 0) is 55.0 Å². The van der Waals surface area contributed by atoms with E-state index in [-0.39, 0.29) is 24.6 Å². The molecule has 0 N–H and O–H groups in total. The SMILES string of the molecule is Cc1c(C)c(Cl)c2c(c1Cl)CCN(C(=O)CCCc1nccc(C(F)(F)F)n1)C2. The van der Waals surface area contributed by atoms with Gasteiger partial charge in [-0.15, -0.1) is 0 Å². The molecule has 2 heterocycles. The zero-order valence-corrected chi connectivity index (χ0v) is 17.5. The van der Waals surface area contributed by atoms with Crippen molar-refractivity contribution in [3.63, 3.8) is 0 Å². The van der Waals surface area contributed by atoms with Crippen LogP contribution in [0.15, 0.2) is 12.3 Å². The summed E-state index contributed by atoms with van der Waals surface area (Å²) in [6.07, 6.45) is -2.03. The molecule has 1 amide bonds. The summed E-state index contributed by atoms with van der Waals surface area (Å²) in [5, 5.41) is 1.34. The zero-order chi connectivity index (χ0) is 21.3. The standard InChI is InChI=1S/C20H20Cl2F3N3O/c1-11-12(2)19(22)14-10-28(9-7-13(14)18(11)21)17(29)5-3-4-16-26-8-6-15(27-16)20(23,24)25/h6,8H,3-5,7,9-10H2,1-2H3. The number of aryl methyl sites for hydroxylation is 1. The lowest BCUT2D eigenvalue weighted by atomic mass is 9.94. The summed E-state index contributed by atoms with van der Waals surface area (Å²) in [5.41, 5.74) is 2.75. The molecule has 0 saturated carbocycles. The molecule has 0 saturated heterocycles. The summed E-state index contributed by atoms with van der Waals surface area (Å²) >= 11 is 12.9. The average molecular weight is 446 g/mol. The van der Waals surface area contributed by atoms with Crippen LogP contribution in [0.2, 0.25) is 10.0 Å². The Labute approximate surface area is 177 Å². The number of carbonyl (C=O) groups excluding carboxylic acids is 1. The van der Waals surface area contributed by atoms with Gasteiger partial charge < -0.3 is 4.90 Å². The normalized spacial score (nSPS) is 14.1. The molecule has 1 aliphatic heterocycles.